The van der Waals surface area contributed by atoms with E-state index in [1.807, 2.05) is 0 Å². The first-order valence-corrected chi connectivity index (χ1v) is 6.44. The summed E-state index contributed by atoms with van der Waals surface area (Å²) < 4.78 is 0. The molecule has 1 heterocycles. The molecule has 2 rings (SSSR count). The Balaban J connectivity index is 2.33. The SMILES string of the molecule is NC(=O)c1ccnc(Cc2cc(Cl)c(C=O)c(Cl)c2)c1. The second kappa shape index (κ2) is 6.03. The number of benzene rings is 1. The first-order chi connectivity index (χ1) is 9.51. The molecule has 0 aliphatic rings. The van der Waals surface area contributed by atoms with Crippen LogP contribution in [0.1, 0.15) is 32.0 Å². The maximum atomic E-state index is 11.1. The average Bonchev–Trinajstić information content (AvgIpc) is 2.38. The van der Waals surface area contributed by atoms with Crippen molar-refractivity contribution >= 4 is 35.4 Å². The first-order valence-electron chi connectivity index (χ1n) is 5.69. The van der Waals surface area contributed by atoms with Crippen LogP contribution >= 0.6 is 23.2 Å². The van der Waals surface area contributed by atoms with Crippen molar-refractivity contribution in [1.82, 2.24) is 4.98 Å². The summed E-state index contributed by atoms with van der Waals surface area (Å²) in [5.41, 5.74) is 7.31. The van der Waals surface area contributed by atoms with Crippen molar-refractivity contribution in [1.29, 1.82) is 0 Å². The lowest BCUT2D eigenvalue weighted by atomic mass is 10.1. The lowest BCUT2D eigenvalue weighted by molar-refractivity contribution is 0.0999. The number of pyridine rings is 1. The molecule has 102 valence electrons. The van der Waals surface area contributed by atoms with Crippen molar-refractivity contribution in [3.63, 3.8) is 0 Å². The fraction of sp³-hybridized carbons (Fsp3) is 0.0714. The Morgan fingerprint density at radius 2 is 1.90 bits per heavy atom. The van der Waals surface area contributed by atoms with Crippen LogP contribution in [0, 0.1) is 0 Å². The minimum absolute atomic E-state index is 0.260. The summed E-state index contributed by atoms with van der Waals surface area (Å²) in [6.45, 7) is 0. The number of primary amides is 1. The van der Waals surface area contributed by atoms with Gasteiger partial charge in [0.2, 0.25) is 5.91 Å². The topological polar surface area (TPSA) is 73.1 Å². The predicted molar refractivity (Wildman–Crippen MR) is 77.4 cm³/mol. The Labute approximate surface area is 125 Å². The number of aromatic nitrogens is 1. The highest BCUT2D eigenvalue weighted by atomic mass is 35.5. The van der Waals surface area contributed by atoms with Gasteiger partial charge in [-0.2, -0.15) is 0 Å². The molecule has 0 aliphatic carbocycles. The number of hydrogen-bond acceptors (Lipinski definition) is 3. The fourth-order valence-electron chi connectivity index (χ4n) is 1.79. The van der Waals surface area contributed by atoms with Gasteiger partial charge in [0.1, 0.15) is 0 Å². The minimum atomic E-state index is -0.513. The van der Waals surface area contributed by atoms with Crippen molar-refractivity contribution in [3.8, 4) is 0 Å². The van der Waals surface area contributed by atoms with E-state index in [4.69, 9.17) is 28.9 Å². The van der Waals surface area contributed by atoms with Crippen molar-refractivity contribution in [2.24, 2.45) is 5.73 Å². The van der Waals surface area contributed by atoms with Crippen LogP contribution < -0.4 is 5.73 Å². The van der Waals surface area contributed by atoms with Gasteiger partial charge in [0, 0.05) is 23.9 Å². The van der Waals surface area contributed by atoms with Gasteiger partial charge in [-0.05, 0) is 29.8 Å². The second-order valence-electron chi connectivity index (χ2n) is 4.17. The number of nitrogens with zero attached hydrogens (tertiary/aromatic N) is 1. The molecular formula is C14H10Cl2N2O2. The Morgan fingerprint density at radius 3 is 2.45 bits per heavy atom. The third-order valence-electron chi connectivity index (χ3n) is 2.74. The van der Waals surface area contributed by atoms with E-state index in [2.05, 4.69) is 4.98 Å². The molecule has 0 radical (unpaired) electrons. The van der Waals surface area contributed by atoms with Gasteiger partial charge in [-0.1, -0.05) is 23.2 Å². The van der Waals surface area contributed by atoms with Crippen molar-refractivity contribution in [3.05, 3.63) is 62.9 Å². The Bertz CT molecular complexity index is 664. The lowest BCUT2D eigenvalue weighted by Gasteiger charge is -2.06. The summed E-state index contributed by atoms with van der Waals surface area (Å²) in [6, 6.07) is 6.45. The number of amides is 1. The van der Waals surface area contributed by atoms with Crippen LogP contribution in [0.15, 0.2) is 30.5 Å². The van der Waals surface area contributed by atoms with Gasteiger partial charge in [-0.25, -0.2) is 0 Å². The van der Waals surface area contributed by atoms with Crippen LogP contribution in [0.2, 0.25) is 10.0 Å². The van der Waals surface area contributed by atoms with E-state index in [0.717, 1.165) is 5.56 Å². The molecule has 1 aromatic carbocycles. The molecule has 1 aromatic heterocycles. The van der Waals surface area contributed by atoms with Crippen LogP contribution in [-0.4, -0.2) is 17.2 Å². The van der Waals surface area contributed by atoms with E-state index in [1.54, 1.807) is 24.3 Å². The van der Waals surface area contributed by atoms with Gasteiger partial charge in [-0.15, -0.1) is 0 Å². The number of nitrogens with two attached hydrogens (primary N) is 1. The zero-order valence-electron chi connectivity index (χ0n) is 10.3. The third-order valence-corrected chi connectivity index (χ3v) is 3.37. The van der Waals surface area contributed by atoms with Gasteiger partial charge >= 0.3 is 0 Å². The molecule has 0 saturated heterocycles. The highest BCUT2D eigenvalue weighted by Gasteiger charge is 2.09. The number of rotatable bonds is 4. The van der Waals surface area contributed by atoms with E-state index < -0.39 is 5.91 Å². The molecule has 0 saturated carbocycles. The zero-order chi connectivity index (χ0) is 14.7. The number of aldehydes is 1. The van der Waals surface area contributed by atoms with Gasteiger partial charge in [0.05, 0.1) is 15.6 Å². The quantitative estimate of drug-likeness (QED) is 0.883. The first kappa shape index (κ1) is 14.5. The molecule has 2 aromatic rings. The highest BCUT2D eigenvalue weighted by Crippen LogP contribution is 2.26. The third kappa shape index (κ3) is 3.15. The summed E-state index contributed by atoms with van der Waals surface area (Å²) in [5.74, 6) is -0.513. The zero-order valence-corrected chi connectivity index (χ0v) is 11.8. The normalized spacial score (nSPS) is 10.3. The summed E-state index contributed by atoms with van der Waals surface area (Å²) in [4.78, 5) is 26.1. The fourth-order valence-corrected chi connectivity index (χ4v) is 2.41. The molecule has 6 heteroatoms. The average molecular weight is 309 g/mol. The van der Waals surface area contributed by atoms with Crippen LogP contribution in [0.5, 0.6) is 0 Å². The number of carbonyl (C=O) groups excluding carboxylic acids is 2. The van der Waals surface area contributed by atoms with Crippen molar-refractivity contribution in [2.75, 3.05) is 0 Å². The van der Waals surface area contributed by atoms with Crippen LogP contribution in [0.25, 0.3) is 0 Å². The summed E-state index contributed by atoms with van der Waals surface area (Å²) in [6.07, 6.45) is 2.55. The van der Waals surface area contributed by atoms with E-state index >= 15 is 0 Å². The highest BCUT2D eigenvalue weighted by molar-refractivity contribution is 6.38. The monoisotopic (exact) mass is 308 g/mol. The molecule has 1 amide bonds. The second-order valence-corrected chi connectivity index (χ2v) is 4.98. The van der Waals surface area contributed by atoms with E-state index in [9.17, 15) is 9.59 Å². The molecule has 0 bridgehead atoms. The largest absolute Gasteiger partial charge is 0.366 e. The lowest BCUT2D eigenvalue weighted by Crippen LogP contribution is -2.11. The summed E-state index contributed by atoms with van der Waals surface area (Å²) in [5, 5.41) is 0.571. The molecule has 0 aliphatic heterocycles. The van der Waals surface area contributed by atoms with Gasteiger partial charge in [-0.3, -0.25) is 14.6 Å². The number of hydrogen-bond donors (Lipinski definition) is 1. The molecule has 0 unspecified atom stereocenters. The predicted octanol–water partition coefficient (Wildman–Crippen LogP) is 2.89. The standard InChI is InChI=1S/C14H10Cl2N2O2/c15-12-4-8(5-13(16)11(12)7-19)3-10-6-9(14(17)20)1-2-18-10/h1-2,4-7H,3H2,(H2,17,20). The summed E-state index contributed by atoms with van der Waals surface area (Å²) in [7, 11) is 0. The van der Waals surface area contributed by atoms with Gasteiger partial charge in [0.15, 0.2) is 6.29 Å². The van der Waals surface area contributed by atoms with Crippen LogP contribution in [-0.2, 0) is 6.42 Å². The van der Waals surface area contributed by atoms with Gasteiger partial charge in [0.25, 0.3) is 0 Å². The van der Waals surface area contributed by atoms with E-state index in [1.165, 1.54) is 6.20 Å². The Hall–Kier alpha value is -1.91. The molecular weight excluding hydrogens is 299 g/mol. The van der Waals surface area contributed by atoms with Gasteiger partial charge < -0.3 is 5.73 Å². The van der Waals surface area contributed by atoms with E-state index in [0.29, 0.717) is 24.0 Å². The minimum Gasteiger partial charge on any atom is -0.366 e. The Morgan fingerprint density at radius 1 is 1.25 bits per heavy atom. The maximum Gasteiger partial charge on any atom is 0.248 e. The molecule has 2 N–H and O–H groups in total. The van der Waals surface area contributed by atoms with Crippen molar-refractivity contribution < 1.29 is 9.59 Å². The Kier molecular flexibility index (Phi) is 4.37. The molecule has 0 spiro atoms. The molecule has 0 fully saturated rings. The molecule has 4 nitrogen and oxygen atoms in total. The molecule has 20 heavy (non-hydrogen) atoms. The summed E-state index contributed by atoms with van der Waals surface area (Å²) >= 11 is 11.9. The van der Waals surface area contributed by atoms with Crippen LogP contribution in [0.4, 0.5) is 0 Å². The maximum absolute atomic E-state index is 11.1. The number of carbonyl (C=O) groups is 2. The molecule has 0 atom stereocenters. The van der Waals surface area contributed by atoms with E-state index in [-0.39, 0.29) is 15.6 Å². The van der Waals surface area contributed by atoms with Crippen LogP contribution in [0.3, 0.4) is 0 Å². The van der Waals surface area contributed by atoms with Crippen molar-refractivity contribution in [2.45, 2.75) is 6.42 Å². The smallest absolute Gasteiger partial charge is 0.248 e. The number of halogens is 2.